The topological polar surface area (TPSA) is 71.2 Å². The smallest absolute Gasteiger partial charge is 0.191 e. The Hall–Kier alpha value is -2.58. The summed E-state index contributed by atoms with van der Waals surface area (Å²) in [5.74, 6) is 1.87. The lowest BCUT2D eigenvalue weighted by Crippen LogP contribution is -2.10. The van der Waals surface area contributed by atoms with Crippen LogP contribution in [0, 0.1) is 13.8 Å². The van der Waals surface area contributed by atoms with E-state index >= 15 is 0 Å². The Bertz CT molecular complexity index is 1030. The molecule has 0 aliphatic carbocycles. The second-order valence-electron chi connectivity index (χ2n) is 6.89. The molecule has 0 N–H and O–H groups in total. The molecule has 2 heterocycles. The summed E-state index contributed by atoms with van der Waals surface area (Å²) in [6.45, 7) is 8.08. The largest absolute Gasteiger partial charge is 0.496 e. The maximum atomic E-state index is 12.9. The number of thioether (sulfide) groups is 1. The molecule has 160 valence electrons. The first-order chi connectivity index (χ1) is 14.5. The van der Waals surface area contributed by atoms with Crippen LogP contribution in [0.3, 0.4) is 0 Å². The van der Waals surface area contributed by atoms with Crippen molar-refractivity contribution in [1.29, 1.82) is 0 Å². The van der Waals surface area contributed by atoms with Crippen LogP contribution in [0.15, 0.2) is 35.5 Å². The summed E-state index contributed by atoms with van der Waals surface area (Å²) in [7, 11) is 3.32. The quantitative estimate of drug-likeness (QED) is 0.359. The third kappa shape index (κ3) is 4.44. The van der Waals surface area contributed by atoms with Gasteiger partial charge in [-0.15, -0.1) is 10.2 Å². The minimum Gasteiger partial charge on any atom is -0.496 e. The van der Waals surface area contributed by atoms with E-state index in [9.17, 15) is 4.79 Å². The molecule has 8 heteroatoms. The van der Waals surface area contributed by atoms with Crippen LogP contribution in [0.25, 0.3) is 11.4 Å². The van der Waals surface area contributed by atoms with Crippen LogP contribution >= 0.6 is 11.8 Å². The van der Waals surface area contributed by atoms with Crippen LogP contribution in [0.5, 0.6) is 5.75 Å². The van der Waals surface area contributed by atoms with Gasteiger partial charge >= 0.3 is 0 Å². The summed E-state index contributed by atoms with van der Waals surface area (Å²) < 4.78 is 14.8. The van der Waals surface area contributed by atoms with E-state index in [4.69, 9.17) is 9.47 Å². The Morgan fingerprint density at radius 1 is 1.13 bits per heavy atom. The lowest BCUT2D eigenvalue weighted by molar-refractivity contribution is 0.102. The maximum Gasteiger partial charge on any atom is 0.191 e. The van der Waals surface area contributed by atoms with Crippen LogP contribution in [-0.4, -0.2) is 51.7 Å². The number of Topliss-reactive ketones (excluding diaryl/α,β-unsaturated/α-hetero) is 1. The van der Waals surface area contributed by atoms with Crippen molar-refractivity contribution in [3.05, 3.63) is 47.3 Å². The van der Waals surface area contributed by atoms with E-state index in [1.165, 1.54) is 11.8 Å². The molecule has 2 aromatic heterocycles. The van der Waals surface area contributed by atoms with Gasteiger partial charge in [0.15, 0.2) is 16.8 Å². The van der Waals surface area contributed by atoms with Crippen molar-refractivity contribution in [2.75, 3.05) is 26.6 Å². The summed E-state index contributed by atoms with van der Waals surface area (Å²) in [6, 6.07) is 9.69. The lowest BCUT2D eigenvalue weighted by Gasteiger charge is -2.10. The van der Waals surface area contributed by atoms with Crippen LogP contribution in [0.1, 0.15) is 28.7 Å². The average Bonchev–Trinajstić information content (AvgIpc) is 3.30. The van der Waals surface area contributed by atoms with Gasteiger partial charge in [-0.05, 0) is 39.0 Å². The van der Waals surface area contributed by atoms with Gasteiger partial charge in [0.1, 0.15) is 5.75 Å². The monoisotopic (exact) mass is 428 g/mol. The van der Waals surface area contributed by atoms with Crippen molar-refractivity contribution in [3.63, 3.8) is 0 Å². The van der Waals surface area contributed by atoms with Gasteiger partial charge in [-0.2, -0.15) is 0 Å². The Labute approximate surface area is 181 Å². The van der Waals surface area contributed by atoms with E-state index in [-0.39, 0.29) is 5.78 Å². The van der Waals surface area contributed by atoms with Gasteiger partial charge in [0, 0.05) is 37.2 Å². The summed E-state index contributed by atoms with van der Waals surface area (Å²) >= 11 is 1.41. The number of ketones is 1. The van der Waals surface area contributed by atoms with Gasteiger partial charge in [0.2, 0.25) is 0 Å². The number of hydrogen-bond donors (Lipinski definition) is 0. The third-order valence-electron chi connectivity index (χ3n) is 5.11. The minimum atomic E-state index is 0.0845. The number of hydrogen-bond acceptors (Lipinski definition) is 6. The van der Waals surface area contributed by atoms with E-state index in [0.717, 1.165) is 45.8 Å². The van der Waals surface area contributed by atoms with Gasteiger partial charge in [-0.25, -0.2) is 0 Å². The van der Waals surface area contributed by atoms with Gasteiger partial charge in [0.05, 0.1) is 25.0 Å². The van der Waals surface area contributed by atoms with Crippen LogP contribution < -0.4 is 4.74 Å². The molecule has 0 saturated carbocycles. The second kappa shape index (κ2) is 9.95. The highest BCUT2D eigenvalue weighted by atomic mass is 32.2. The van der Waals surface area contributed by atoms with E-state index in [0.29, 0.717) is 18.9 Å². The SMILES string of the molecule is CCn1c(SCC(=O)c2cc(C)n(CCOC)c2C)nnc1-c1ccccc1OC. The zero-order chi connectivity index (χ0) is 21.7. The molecule has 0 bridgehead atoms. The molecule has 30 heavy (non-hydrogen) atoms. The third-order valence-corrected chi connectivity index (χ3v) is 6.07. The molecule has 0 spiro atoms. The fraction of sp³-hybridized carbons (Fsp3) is 0.409. The van der Waals surface area contributed by atoms with Crippen molar-refractivity contribution in [3.8, 4) is 17.1 Å². The average molecular weight is 429 g/mol. The number of carbonyl (C=O) groups excluding carboxylic acids is 1. The molecule has 0 atom stereocenters. The van der Waals surface area contributed by atoms with Gasteiger partial charge < -0.3 is 18.6 Å². The highest BCUT2D eigenvalue weighted by Crippen LogP contribution is 2.31. The molecule has 0 aliphatic heterocycles. The van der Waals surface area contributed by atoms with Crippen LogP contribution in [0.4, 0.5) is 0 Å². The van der Waals surface area contributed by atoms with Crippen molar-refractivity contribution in [2.45, 2.75) is 39.0 Å². The second-order valence-corrected chi connectivity index (χ2v) is 7.83. The fourth-order valence-corrected chi connectivity index (χ4v) is 4.41. The number of rotatable bonds is 10. The van der Waals surface area contributed by atoms with E-state index in [1.54, 1.807) is 14.2 Å². The Balaban J connectivity index is 1.78. The summed E-state index contributed by atoms with van der Waals surface area (Å²) in [4.78, 5) is 12.9. The number of nitrogens with zero attached hydrogens (tertiary/aromatic N) is 4. The number of aromatic nitrogens is 4. The molecule has 7 nitrogen and oxygen atoms in total. The first-order valence-corrected chi connectivity index (χ1v) is 10.9. The molecule has 0 saturated heterocycles. The molecule has 3 aromatic rings. The predicted molar refractivity (Wildman–Crippen MR) is 119 cm³/mol. The number of para-hydroxylation sites is 1. The Morgan fingerprint density at radius 2 is 1.90 bits per heavy atom. The van der Waals surface area contributed by atoms with Crippen LogP contribution in [-0.2, 0) is 17.8 Å². The summed E-state index contributed by atoms with van der Waals surface area (Å²) in [5, 5.41) is 9.43. The number of benzene rings is 1. The van der Waals surface area contributed by atoms with E-state index in [2.05, 4.69) is 14.8 Å². The highest BCUT2D eigenvalue weighted by molar-refractivity contribution is 7.99. The standard InChI is InChI=1S/C22H28N4O3S/c1-6-25-21(17-9-7-8-10-20(17)29-5)23-24-22(25)30-14-19(27)18-13-15(2)26(16(18)3)11-12-28-4/h7-10,13H,6,11-12,14H2,1-5H3. The normalized spacial score (nSPS) is 11.1. The molecule has 0 amide bonds. The number of aryl methyl sites for hydroxylation is 1. The lowest BCUT2D eigenvalue weighted by atomic mass is 10.2. The van der Waals surface area contributed by atoms with Gasteiger partial charge in [-0.1, -0.05) is 23.9 Å². The highest BCUT2D eigenvalue weighted by Gasteiger charge is 2.20. The van der Waals surface area contributed by atoms with Crippen molar-refractivity contribution < 1.29 is 14.3 Å². The fourth-order valence-electron chi connectivity index (χ4n) is 3.53. The molecule has 1 aromatic carbocycles. The number of carbonyl (C=O) groups is 1. The Morgan fingerprint density at radius 3 is 2.60 bits per heavy atom. The van der Waals surface area contributed by atoms with E-state index in [1.807, 2.05) is 55.7 Å². The predicted octanol–water partition coefficient (Wildman–Crippen LogP) is 4.01. The molecule has 3 rings (SSSR count). The maximum absolute atomic E-state index is 12.9. The molecular weight excluding hydrogens is 400 g/mol. The molecule has 0 aliphatic rings. The zero-order valence-electron chi connectivity index (χ0n) is 18.1. The van der Waals surface area contributed by atoms with E-state index < -0.39 is 0 Å². The van der Waals surface area contributed by atoms with Gasteiger partial charge in [0.25, 0.3) is 0 Å². The molecule has 0 unspecified atom stereocenters. The van der Waals surface area contributed by atoms with Crippen molar-refractivity contribution in [1.82, 2.24) is 19.3 Å². The first kappa shape index (κ1) is 22.1. The van der Waals surface area contributed by atoms with Gasteiger partial charge in [-0.3, -0.25) is 4.79 Å². The number of ether oxygens (including phenoxy) is 2. The van der Waals surface area contributed by atoms with Crippen LogP contribution in [0.2, 0.25) is 0 Å². The number of methoxy groups -OCH3 is 2. The summed E-state index contributed by atoms with van der Waals surface area (Å²) in [6.07, 6.45) is 0. The zero-order valence-corrected chi connectivity index (χ0v) is 19.0. The molecular formula is C22H28N4O3S. The summed E-state index contributed by atoms with van der Waals surface area (Å²) in [5.41, 5.74) is 3.67. The minimum absolute atomic E-state index is 0.0845. The van der Waals surface area contributed by atoms with Crippen molar-refractivity contribution in [2.24, 2.45) is 0 Å². The first-order valence-electron chi connectivity index (χ1n) is 9.90. The molecule has 0 fully saturated rings. The van der Waals surface area contributed by atoms with Crippen molar-refractivity contribution >= 4 is 17.5 Å². The Kier molecular flexibility index (Phi) is 7.33. The molecule has 0 radical (unpaired) electrons.